The molecule has 1 unspecified atom stereocenters. The van der Waals surface area contributed by atoms with Crippen molar-refractivity contribution in [2.45, 2.75) is 13.0 Å². The van der Waals surface area contributed by atoms with E-state index < -0.39 is 0 Å². The molecule has 0 aliphatic rings. The molecule has 0 aliphatic heterocycles. The summed E-state index contributed by atoms with van der Waals surface area (Å²) < 4.78 is 1.71. The third kappa shape index (κ3) is 3.32. The molecule has 0 bridgehead atoms. The quantitative estimate of drug-likeness (QED) is 0.805. The van der Waals surface area contributed by atoms with Gasteiger partial charge in [0.25, 0.3) is 0 Å². The lowest BCUT2D eigenvalue weighted by atomic mass is 10.2. The molecule has 0 radical (unpaired) electrons. The zero-order valence-corrected chi connectivity index (χ0v) is 12.1. The van der Waals surface area contributed by atoms with Crippen LogP contribution in [0, 0.1) is 0 Å². The van der Waals surface area contributed by atoms with Gasteiger partial charge in [0.1, 0.15) is 0 Å². The molecule has 0 aromatic carbocycles. The number of hydrogen-bond donors (Lipinski definition) is 0. The normalized spacial score (nSPS) is 12.8. The number of rotatable bonds is 4. The molecule has 1 amide bonds. The van der Waals surface area contributed by atoms with E-state index in [4.69, 9.17) is 0 Å². The van der Waals surface area contributed by atoms with Gasteiger partial charge in [0.05, 0.1) is 12.2 Å². The summed E-state index contributed by atoms with van der Waals surface area (Å²) in [6.45, 7) is 2.03. The first-order valence-corrected chi connectivity index (χ1v) is 6.93. The summed E-state index contributed by atoms with van der Waals surface area (Å²) in [5.74, 6) is -0.00949. The minimum atomic E-state index is -0.00949. The van der Waals surface area contributed by atoms with E-state index >= 15 is 0 Å². The second-order valence-corrected chi connectivity index (χ2v) is 5.40. The first-order chi connectivity index (χ1) is 9.08. The van der Waals surface area contributed by atoms with Crippen LogP contribution >= 0.6 is 11.3 Å². The maximum Gasteiger partial charge on any atom is 0.246 e. The number of carbonyl (C=O) groups excluding carboxylic acids is 1. The Kier molecular flexibility index (Phi) is 4.16. The Morgan fingerprint density at radius 3 is 2.95 bits per heavy atom. The predicted molar refractivity (Wildman–Crippen MR) is 77.7 cm³/mol. The van der Waals surface area contributed by atoms with Gasteiger partial charge in [-0.2, -0.15) is 5.10 Å². The molecule has 2 rings (SSSR count). The zero-order chi connectivity index (χ0) is 13.8. The fourth-order valence-corrected chi connectivity index (χ4v) is 2.55. The summed E-state index contributed by atoms with van der Waals surface area (Å²) in [7, 11) is 3.67. The lowest BCUT2D eigenvalue weighted by Gasteiger charge is -2.22. The van der Waals surface area contributed by atoms with Crippen LogP contribution in [0.3, 0.4) is 0 Å². The van der Waals surface area contributed by atoms with Gasteiger partial charge in [-0.15, -0.1) is 11.3 Å². The number of carbonyl (C=O) groups is 1. The first-order valence-electron chi connectivity index (χ1n) is 6.05. The van der Waals surface area contributed by atoms with Crippen molar-refractivity contribution in [3.05, 3.63) is 46.4 Å². The first kappa shape index (κ1) is 13.5. The van der Waals surface area contributed by atoms with E-state index in [1.54, 1.807) is 39.3 Å². The molecule has 2 heterocycles. The molecule has 0 fully saturated rings. The van der Waals surface area contributed by atoms with Crippen LogP contribution in [0.4, 0.5) is 0 Å². The van der Waals surface area contributed by atoms with E-state index in [1.807, 2.05) is 44.7 Å². The van der Waals surface area contributed by atoms with E-state index in [2.05, 4.69) is 5.10 Å². The van der Waals surface area contributed by atoms with Gasteiger partial charge >= 0.3 is 0 Å². The summed E-state index contributed by atoms with van der Waals surface area (Å²) in [5, 5.41) is 6.08. The van der Waals surface area contributed by atoms with Crippen LogP contribution in [0.15, 0.2) is 36.0 Å². The maximum absolute atomic E-state index is 12.1. The van der Waals surface area contributed by atoms with E-state index in [-0.39, 0.29) is 11.9 Å². The molecule has 0 saturated heterocycles. The molecular weight excluding hydrogens is 258 g/mol. The summed E-state index contributed by atoms with van der Waals surface area (Å²) in [6, 6.07) is 4.13. The van der Waals surface area contributed by atoms with E-state index in [1.165, 1.54) is 4.88 Å². The number of aryl methyl sites for hydroxylation is 1. The second-order valence-electron chi connectivity index (χ2n) is 4.42. The van der Waals surface area contributed by atoms with Crippen molar-refractivity contribution < 1.29 is 4.79 Å². The molecule has 0 saturated carbocycles. The number of likely N-dealkylation sites (N-methyl/N-ethyl adjacent to an activating group) is 1. The van der Waals surface area contributed by atoms with E-state index in [9.17, 15) is 4.79 Å². The Bertz CT molecular complexity index is 571. The van der Waals surface area contributed by atoms with Gasteiger partial charge in [-0.3, -0.25) is 9.48 Å². The topological polar surface area (TPSA) is 38.1 Å². The summed E-state index contributed by atoms with van der Waals surface area (Å²) in [5.41, 5.74) is 0.924. The third-order valence-electron chi connectivity index (χ3n) is 3.03. The van der Waals surface area contributed by atoms with Crippen molar-refractivity contribution >= 4 is 23.3 Å². The van der Waals surface area contributed by atoms with Crippen LogP contribution in [-0.4, -0.2) is 27.6 Å². The van der Waals surface area contributed by atoms with Crippen LogP contribution in [0.25, 0.3) is 6.08 Å². The van der Waals surface area contributed by atoms with Crippen molar-refractivity contribution in [1.82, 2.24) is 14.7 Å². The van der Waals surface area contributed by atoms with Crippen molar-refractivity contribution in [3.63, 3.8) is 0 Å². The van der Waals surface area contributed by atoms with Gasteiger partial charge < -0.3 is 4.90 Å². The zero-order valence-electron chi connectivity index (χ0n) is 11.3. The number of hydrogen-bond acceptors (Lipinski definition) is 3. The highest BCUT2D eigenvalue weighted by Crippen LogP contribution is 2.23. The number of nitrogens with zero attached hydrogens (tertiary/aromatic N) is 3. The van der Waals surface area contributed by atoms with E-state index in [0.29, 0.717) is 0 Å². The summed E-state index contributed by atoms with van der Waals surface area (Å²) >= 11 is 1.66. The molecule has 19 heavy (non-hydrogen) atoms. The van der Waals surface area contributed by atoms with Crippen LogP contribution < -0.4 is 0 Å². The molecular formula is C14H17N3OS. The molecule has 2 aromatic heterocycles. The second kappa shape index (κ2) is 5.84. The maximum atomic E-state index is 12.1. The molecule has 0 aliphatic carbocycles. The van der Waals surface area contributed by atoms with Crippen molar-refractivity contribution in [1.29, 1.82) is 0 Å². The molecule has 4 nitrogen and oxygen atoms in total. The van der Waals surface area contributed by atoms with Crippen LogP contribution in [0.1, 0.15) is 23.4 Å². The molecule has 100 valence electrons. The Labute approximate surface area is 117 Å². The summed E-state index contributed by atoms with van der Waals surface area (Å²) in [4.78, 5) is 15.0. The van der Waals surface area contributed by atoms with Crippen molar-refractivity contribution in [2.24, 2.45) is 7.05 Å². The standard InChI is InChI=1S/C14H17N3OS/c1-11(13-5-4-8-19-13)17(3)14(18)7-6-12-9-15-16(2)10-12/h4-11H,1-3H3/b7-6+. The van der Waals surface area contributed by atoms with Gasteiger partial charge in [-0.05, 0) is 24.4 Å². The molecule has 0 N–H and O–H groups in total. The monoisotopic (exact) mass is 275 g/mol. The van der Waals surface area contributed by atoms with Crippen LogP contribution in [0.5, 0.6) is 0 Å². The fraction of sp³-hybridized carbons (Fsp3) is 0.286. The minimum absolute atomic E-state index is 0.00949. The highest BCUT2D eigenvalue weighted by atomic mass is 32.1. The van der Waals surface area contributed by atoms with Gasteiger partial charge in [0.2, 0.25) is 5.91 Å². The lowest BCUT2D eigenvalue weighted by Crippen LogP contribution is -2.27. The molecule has 5 heteroatoms. The lowest BCUT2D eigenvalue weighted by molar-refractivity contribution is -0.126. The number of amides is 1. The minimum Gasteiger partial charge on any atom is -0.335 e. The smallest absolute Gasteiger partial charge is 0.246 e. The highest BCUT2D eigenvalue weighted by molar-refractivity contribution is 7.10. The number of aromatic nitrogens is 2. The molecule has 1 atom stereocenters. The largest absolute Gasteiger partial charge is 0.335 e. The Hall–Kier alpha value is -1.88. The van der Waals surface area contributed by atoms with Gasteiger partial charge in [0, 0.05) is 36.8 Å². The van der Waals surface area contributed by atoms with Gasteiger partial charge in [0.15, 0.2) is 0 Å². The van der Waals surface area contributed by atoms with Gasteiger partial charge in [-0.25, -0.2) is 0 Å². The molecule has 0 spiro atoms. The Morgan fingerprint density at radius 1 is 1.58 bits per heavy atom. The number of thiophene rings is 1. The molecule has 2 aromatic rings. The van der Waals surface area contributed by atoms with Gasteiger partial charge in [-0.1, -0.05) is 6.07 Å². The Balaban J connectivity index is 2.01. The fourth-order valence-electron chi connectivity index (χ4n) is 1.72. The van der Waals surface area contributed by atoms with Crippen LogP contribution in [-0.2, 0) is 11.8 Å². The average molecular weight is 275 g/mol. The SMILES string of the molecule is CC(c1cccs1)N(C)C(=O)/C=C/c1cnn(C)c1. The third-order valence-corrected chi connectivity index (χ3v) is 4.07. The average Bonchev–Trinajstić information content (AvgIpc) is 3.05. The van der Waals surface area contributed by atoms with Crippen molar-refractivity contribution in [2.75, 3.05) is 7.05 Å². The Morgan fingerprint density at radius 2 is 2.37 bits per heavy atom. The van der Waals surface area contributed by atoms with Crippen LogP contribution in [0.2, 0.25) is 0 Å². The predicted octanol–water partition coefficient (Wildman–Crippen LogP) is 2.71. The summed E-state index contributed by atoms with van der Waals surface area (Å²) in [6.07, 6.45) is 6.97. The van der Waals surface area contributed by atoms with Crippen molar-refractivity contribution in [3.8, 4) is 0 Å². The highest BCUT2D eigenvalue weighted by Gasteiger charge is 2.15. The van der Waals surface area contributed by atoms with E-state index in [0.717, 1.165) is 5.56 Å².